The van der Waals surface area contributed by atoms with Gasteiger partial charge in [-0.25, -0.2) is 0 Å². The number of carbonyl (C=O) groups excluding carboxylic acids is 1. The zero-order chi connectivity index (χ0) is 22.0. The summed E-state index contributed by atoms with van der Waals surface area (Å²) < 4.78 is 9.37. The average Bonchev–Trinajstić information content (AvgIpc) is 3.12. The first-order valence-corrected chi connectivity index (χ1v) is 11.9. The first-order chi connectivity index (χ1) is 15.1. The molecular formula is C26H38N2O3. The second-order valence-electron chi connectivity index (χ2n) is 9.80. The van der Waals surface area contributed by atoms with E-state index in [-0.39, 0.29) is 5.41 Å². The number of carbonyl (C=O) groups is 1. The van der Waals surface area contributed by atoms with Crippen molar-refractivity contribution in [2.24, 2.45) is 11.8 Å². The molecule has 6 rings (SSSR count). The number of para-hydroxylation sites is 1. The van der Waals surface area contributed by atoms with Crippen molar-refractivity contribution in [1.29, 1.82) is 0 Å². The highest BCUT2D eigenvalue weighted by molar-refractivity contribution is 5.85. The molecule has 1 aromatic carbocycles. The number of aromatic nitrogens is 1. The molecule has 2 saturated heterocycles. The van der Waals surface area contributed by atoms with E-state index in [2.05, 4.69) is 52.7 Å². The molecule has 3 aliphatic heterocycles. The van der Waals surface area contributed by atoms with Gasteiger partial charge in [0.25, 0.3) is 6.47 Å². The van der Waals surface area contributed by atoms with Crippen molar-refractivity contribution in [3.8, 4) is 0 Å². The van der Waals surface area contributed by atoms with Crippen LogP contribution in [0.15, 0.2) is 24.3 Å². The third kappa shape index (κ3) is 3.80. The Morgan fingerprint density at radius 2 is 2.03 bits per heavy atom. The van der Waals surface area contributed by atoms with E-state index in [0.717, 1.165) is 24.5 Å². The minimum absolute atomic E-state index is 0.246. The average molecular weight is 427 g/mol. The van der Waals surface area contributed by atoms with Gasteiger partial charge in [-0.15, -0.1) is 0 Å². The van der Waals surface area contributed by atoms with E-state index in [9.17, 15) is 0 Å². The molecule has 31 heavy (non-hydrogen) atoms. The predicted molar refractivity (Wildman–Crippen MR) is 124 cm³/mol. The lowest BCUT2D eigenvalue weighted by molar-refractivity contribution is -0.126. The summed E-state index contributed by atoms with van der Waals surface area (Å²) in [4.78, 5) is 15.8. The number of H-pyrrole nitrogens is 1. The van der Waals surface area contributed by atoms with Gasteiger partial charge in [-0.2, -0.15) is 0 Å². The fourth-order valence-electron chi connectivity index (χ4n) is 7.18. The number of piperidine rings is 2. The van der Waals surface area contributed by atoms with E-state index in [0.29, 0.717) is 12.5 Å². The van der Waals surface area contributed by atoms with Crippen LogP contribution in [0.25, 0.3) is 10.9 Å². The monoisotopic (exact) mass is 426 g/mol. The Kier molecular flexibility index (Phi) is 6.73. The van der Waals surface area contributed by atoms with Crippen LogP contribution in [0.1, 0.15) is 57.2 Å². The fourth-order valence-corrected chi connectivity index (χ4v) is 7.18. The van der Waals surface area contributed by atoms with Gasteiger partial charge < -0.3 is 14.5 Å². The van der Waals surface area contributed by atoms with Crippen molar-refractivity contribution in [3.05, 3.63) is 35.5 Å². The second kappa shape index (κ2) is 9.33. The second-order valence-corrected chi connectivity index (χ2v) is 9.80. The lowest BCUT2D eigenvalue weighted by Gasteiger charge is -2.62. The number of fused-ring (bicyclic) bond motifs is 4. The minimum Gasteiger partial charge on any atom is -0.471 e. The van der Waals surface area contributed by atoms with Gasteiger partial charge in [-0.05, 0) is 55.6 Å². The predicted octanol–water partition coefficient (Wildman–Crippen LogP) is 4.69. The number of hydrogen-bond acceptors (Lipinski definition) is 4. The van der Waals surface area contributed by atoms with Crippen LogP contribution < -0.4 is 0 Å². The molecule has 4 aliphatic rings. The fraction of sp³-hybridized carbons (Fsp3) is 0.654. The van der Waals surface area contributed by atoms with Crippen LogP contribution in [0.5, 0.6) is 0 Å². The lowest BCUT2D eigenvalue weighted by Crippen LogP contribution is -2.67. The summed E-state index contributed by atoms with van der Waals surface area (Å²) in [5, 5.41) is 1.46. The molecular weight excluding hydrogens is 388 g/mol. The van der Waals surface area contributed by atoms with E-state index in [1.807, 2.05) is 7.11 Å². The number of benzene rings is 1. The zero-order valence-corrected chi connectivity index (χ0v) is 19.5. The molecule has 5 nitrogen and oxygen atoms in total. The summed E-state index contributed by atoms with van der Waals surface area (Å²) in [5.41, 5.74) is 4.73. The van der Waals surface area contributed by atoms with Crippen molar-refractivity contribution >= 4 is 17.4 Å². The van der Waals surface area contributed by atoms with Gasteiger partial charge in [-0.1, -0.05) is 38.5 Å². The molecule has 0 spiro atoms. The third-order valence-electron chi connectivity index (χ3n) is 8.10. The molecule has 4 bridgehead atoms. The quantitative estimate of drug-likeness (QED) is 0.681. The third-order valence-corrected chi connectivity index (χ3v) is 8.10. The maximum atomic E-state index is 8.95. The molecule has 170 valence electrons. The molecule has 1 aromatic heterocycles. The Morgan fingerprint density at radius 1 is 1.26 bits per heavy atom. The van der Waals surface area contributed by atoms with E-state index in [4.69, 9.17) is 9.53 Å². The van der Waals surface area contributed by atoms with Crippen LogP contribution in [0.4, 0.5) is 0 Å². The van der Waals surface area contributed by atoms with Gasteiger partial charge in [0.1, 0.15) is 0 Å². The Hall–Kier alpha value is -1.85. The van der Waals surface area contributed by atoms with Crippen LogP contribution in [0.2, 0.25) is 0 Å². The number of hydrogen-bond donors (Lipinski definition) is 1. The molecule has 1 aliphatic carbocycles. The van der Waals surface area contributed by atoms with E-state index in [1.54, 1.807) is 11.3 Å². The Morgan fingerprint density at radius 3 is 2.74 bits per heavy atom. The smallest absolute Gasteiger partial charge is 0.292 e. The zero-order valence-electron chi connectivity index (χ0n) is 19.5. The van der Waals surface area contributed by atoms with Crippen molar-refractivity contribution < 1.29 is 14.3 Å². The summed E-state index contributed by atoms with van der Waals surface area (Å²) in [6, 6.07) is 10.4. The Balaban J connectivity index is 0.000000535. The van der Waals surface area contributed by atoms with E-state index >= 15 is 0 Å². The SMILES string of the molecule is CCCC1C2CC(CCOC)C3N1CCc1c([nH]c4ccccc14)[C@]3(C)C2.COC=O. The van der Waals surface area contributed by atoms with Crippen LogP contribution in [-0.2, 0) is 26.1 Å². The van der Waals surface area contributed by atoms with Crippen LogP contribution >= 0.6 is 0 Å². The number of nitrogens with one attached hydrogen (secondary N) is 1. The standard InChI is InChI=1S/C24H34N2O.C2H4O2/c1-4-7-21-17-14-16(11-13-27-3)23-24(2,15-17)22-19(10-12-26(21)23)18-8-5-6-9-20(18)25-22;1-4-2-3/h5-6,8-9,16-17,21,23,25H,4,7,10-15H2,1-3H3;2H,1H3/t16?,17?,21?,23?,24-;/m0./s1. The summed E-state index contributed by atoms with van der Waals surface area (Å²) >= 11 is 0. The molecule has 5 heteroatoms. The molecule has 1 N–H and O–H groups in total. The van der Waals surface area contributed by atoms with Crippen LogP contribution in [-0.4, -0.2) is 55.8 Å². The first kappa shape index (κ1) is 22.3. The number of aromatic amines is 1. The molecule has 3 fully saturated rings. The number of rotatable bonds is 6. The molecule has 0 amide bonds. The summed E-state index contributed by atoms with van der Waals surface area (Å²) in [5.74, 6) is 1.60. The van der Waals surface area contributed by atoms with Crippen molar-refractivity contribution in [2.75, 3.05) is 27.4 Å². The number of methoxy groups -OCH3 is 2. The normalized spacial score (nSPS) is 33.2. The van der Waals surface area contributed by atoms with Gasteiger partial charge in [-0.3, -0.25) is 9.69 Å². The van der Waals surface area contributed by atoms with Gasteiger partial charge in [0.2, 0.25) is 0 Å². The van der Waals surface area contributed by atoms with Gasteiger partial charge in [0.15, 0.2) is 0 Å². The van der Waals surface area contributed by atoms with E-state index < -0.39 is 0 Å². The summed E-state index contributed by atoms with van der Waals surface area (Å²) in [6.07, 6.45) is 7.82. The highest BCUT2D eigenvalue weighted by atomic mass is 16.5. The Labute approximate surface area is 186 Å². The van der Waals surface area contributed by atoms with Gasteiger partial charge in [0.05, 0.1) is 7.11 Å². The molecule has 2 aromatic rings. The first-order valence-electron chi connectivity index (χ1n) is 11.9. The Bertz CT molecular complexity index is 894. The molecule has 4 heterocycles. The largest absolute Gasteiger partial charge is 0.471 e. The lowest BCUT2D eigenvalue weighted by atomic mass is 9.55. The minimum atomic E-state index is 0.246. The van der Waals surface area contributed by atoms with Crippen molar-refractivity contribution in [2.45, 2.75) is 69.9 Å². The number of nitrogens with zero attached hydrogens (tertiary/aromatic N) is 1. The maximum Gasteiger partial charge on any atom is 0.292 e. The molecule has 0 radical (unpaired) electrons. The maximum absolute atomic E-state index is 8.95. The highest BCUT2D eigenvalue weighted by Crippen LogP contribution is 2.57. The summed E-state index contributed by atoms with van der Waals surface area (Å²) in [7, 11) is 3.17. The number of ether oxygens (including phenoxy) is 2. The van der Waals surface area contributed by atoms with Crippen LogP contribution in [0, 0.1) is 11.8 Å². The van der Waals surface area contributed by atoms with Crippen molar-refractivity contribution in [1.82, 2.24) is 9.88 Å². The topological polar surface area (TPSA) is 54.6 Å². The molecule has 1 saturated carbocycles. The molecule has 6 atom stereocenters. The van der Waals surface area contributed by atoms with Crippen molar-refractivity contribution in [3.63, 3.8) is 0 Å². The summed E-state index contributed by atoms with van der Waals surface area (Å²) in [6.45, 7) is 7.42. The van der Waals surface area contributed by atoms with Gasteiger partial charge >= 0.3 is 0 Å². The van der Waals surface area contributed by atoms with Crippen LogP contribution in [0.3, 0.4) is 0 Å². The molecule has 5 unspecified atom stereocenters. The van der Waals surface area contributed by atoms with Gasteiger partial charge in [0, 0.05) is 54.4 Å². The van der Waals surface area contributed by atoms with E-state index in [1.165, 1.54) is 63.1 Å². The highest BCUT2D eigenvalue weighted by Gasteiger charge is 2.58.